The molecule has 0 spiro atoms. The Morgan fingerprint density at radius 2 is 1.86 bits per heavy atom. The van der Waals surface area contributed by atoms with E-state index in [9.17, 15) is 22.8 Å². The number of hydrogen-bond acceptors (Lipinski definition) is 3. The maximum atomic E-state index is 12.5. The molecule has 1 aliphatic carbocycles. The van der Waals surface area contributed by atoms with Crippen molar-refractivity contribution in [1.29, 1.82) is 0 Å². The molecule has 1 aliphatic rings. The molecule has 0 heterocycles. The molecule has 21 heavy (non-hydrogen) atoms. The van der Waals surface area contributed by atoms with Crippen LogP contribution in [0.4, 0.5) is 18.0 Å². The number of carbonyl (C=O) groups excluding carboxylic acids is 1. The van der Waals surface area contributed by atoms with Crippen LogP contribution in [0.15, 0.2) is 30.3 Å². The van der Waals surface area contributed by atoms with Crippen molar-refractivity contribution in [2.75, 3.05) is 0 Å². The van der Waals surface area contributed by atoms with Crippen LogP contribution in [0.3, 0.4) is 0 Å². The number of rotatable bonds is 4. The number of halogens is 3. The van der Waals surface area contributed by atoms with Crippen LogP contribution in [-0.4, -0.2) is 29.4 Å². The molecule has 2 N–H and O–H groups in total. The second-order valence-corrected chi connectivity index (χ2v) is 4.66. The van der Waals surface area contributed by atoms with E-state index in [-0.39, 0.29) is 6.61 Å². The lowest BCUT2D eigenvalue weighted by atomic mass is 10.2. The van der Waals surface area contributed by atoms with Crippen molar-refractivity contribution in [3.8, 4) is 0 Å². The molecule has 1 aromatic rings. The van der Waals surface area contributed by atoms with Gasteiger partial charge in [0.15, 0.2) is 0 Å². The molecule has 1 amide bonds. The Hall–Kier alpha value is -2.25. The summed E-state index contributed by atoms with van der Waals surface area (Å²) in [6.45, 7) is -0.103. The van der Waals surface area contributed by atoms with Crippen molar-refractivity contribution in [3.05, 3.63) is 35.9 Å². The van der Waals surface area contributed by atoms with E-state index in [2.05, 4.69) is 0 Å². The third-order valence-electron chi connectivity index (χ3n) is 3.18. The van der Waals surface area contributed by atoms with Gasteiger partial charge in [-0.25, -0.2) is 4.79 Å². The molecular weight excluding hydrogens is 291 g/mol. The number of nitrogens with one attached hydrogen (secondary N) is 1. The fourth-order valence-corrected chi connectivity index (χ4v) is 2.11. The summed E-state index contributed by atoms with van der Waals surface area (Å²) in [4.78, 5) is 22.1. The molecule has 8 heteroatoms. The van der Waals surface area contributed by atoms with Crippen molar-refractivity contribution in [3.63, 3.8) is 0 Å². The van der Waals surface area contributed by atoms with Crippen LogP contribution in [-0.2, 0) is 16.1 Å². The Kier molecular flexibility index (Phi) is 4.06. The van der Waals surface area contributed by atoms with Crippen LogP contribution in [0.25, 0.3) is 0 Å². The molecule has 0 aliphatic heterocycles. The number of carbonyl (C=O) groups is 2. The lowest BCUT2D eigenvalue weighted by Crippen LogP contribution is -2.30. The number of ether oxygens (including phenoxy) is 1. The first-order valence-electron chi connectivity index (χ1n) is 6.07. The van der Waals surface area contributed by atoms with Crippen LogP contribution in [0.1, 0.15) is 5.56 Å². The van der Waals surface area contributed by atoms with E-state index in [1.807, 2.05) is 5.32 Å². The van der Waals surface area contributed by atoms with Crippen molar-refractivity contribution < 1.29 is 32.6 Å². The zero-order chi connectivity index (χ0) is 15.6. The second-order valence-electron chi connectivity index (χ2n) is 4.66. The number of alkyl halides is 3. The third kappa shape index (κ3) is 3.65. The largest absolute Gasteiger partial charge is 0.481 e. The van der Waals surface area contributed by atoms with E-state index in [1.165, 1.54) is 0 Å². The first kappa shape index (κ1) is 15.1. The SMILES string of the molecule is O=C(NC1C(C(=O)O)C1C(F)(F)F)OCc1ccccc1. The number of amides is 1. The molecule has 3 unspecified atom stereocenters. The van der Waals surface area contributed by atoms with Crippen LogP contribution in [0, 0.1) is 11.8 Å². The van der Waals surface area contributed by atoms with Gasteiger partial charge in [0.25, 0.3) is 0 Å². The highest BCUT2D eigenvalue weighted by atomic mass is 19.4. The minimum atomic E-state index is -4.67. The molecule has 2 rings (SSSR count). The molecule has 3 atom stereocenters. The van der Waals surface area contributed by atoms with E-state index >= 15 is 0 Å². The van der Waals surface area contributed by atoms with Gasteiger partial charge in [-0.1, -0.05) is 30.3 Å². The predicted molar refractivity (Wildman–Crippen MR) is 64.2 cm³/mol. The Balaban J connectivity index is 1.87. The Labute approximate surface area is 117 Å². The van der Waals surface area contributed by atoms with Crippen molar-refractivity contribution in [2.45, 2.75) is 18.8 Å². The van der Waals surface area contributed by atoms with Crippen LogP contribution in [0.2, 0.25) is 0 Å². The summed E-state index contributed by atoms with van der Waals surface area (Å²) in [5.74, 6) is -5.32. The fourth-order valence-electron chi connectivity index (χ4n) is 2.11. The van der Waals surface area contributed by atoms with Gasteiger partial charge in [-0.15, -0.1) is 0 Å². The van der Waals surface area contributed by atoms with E-state index < -0.39 is 36.1 Å². The summed E-state index contributed by atoms with van der Waals surface area (Å²) in [5.41, 5.74) is 0.672. The first-order valence-corrected chi connectivity index (χ1v) is 6.07. The summed E-state index contributed by atoms with van der Waals surface area (Å²) in [5, 5.41) is 10.6. The first-order chi connectivity index (χ1) is 9.80. The highest BCUT2D eigenvalue weighted by Gasteiger charge is 2.68. The van der Waals surface area contributed by atoms with Crippen LogP contribution in [0.5, 0.6) is 0 Å². The number of hydrogen-bond donors (Lipinski definition) is 2. The number of alkyl carbamates (subject to hydrolysis) is 1. The zero-order valence-electron chi connectivity index (χ0n) is 10.6. The number of benzene rings is 1. The third-order valence-corrected chi connectivity index (χ3v) is 3.18. The lowest BCUT2D eigenvalue weighted by molar-refractivity contribution is -0.160. The summed E-state index contributed by atoms with van der Waals surface area (Å²) in [6.07, 6.45) is -5.73. The number of aliphatic carboxylic acids is 1. The van der Waals surface area contributed by atoms with Gasteiger partial charge >= 0.3 is 18.2 Å². The van der Waals surface area contributed by atoms with Crippen LogP contribution < -0.4 is 5.32 Å². The van der Waals surface area contributed by atoms with Gasteiger partial charge in [0.05, 0.1) is 17.9 Å². The number of carboxylic acid groups (broad SMARTS) is 1. The molecule has 1 saturated carbocycles. The molecule has 1 aromatic carbocycles. The summed E-state index contributed by atoms with van der Waals surface area (Å²) >= 11 is 0. The maximum absolute atomic E-state index is 12.5. The van der Waals surface area contributed by atoms with E-state index in [0.717, 1.165) is 0 Å². The second kappa shape index (κ2) is 5.63. The van der Waals surface area contributed by atoms with Gasteiger partial charge in [0, 0.05) is 0 Å². The molecule has 5 nitrogen and oxygen atoms in total. The maximum Gasteiger partial charge on any atom is 0.407 e. The minimum Gasteiger partial charge on any atom is -0.481 e. The Bertz CT molecular complexity index is 532. The summed E-state index contributed by atoms with van der Waals surface area (Å²) < 4.78 is 42.4. The fraction of sp³-hybridized carbons (Fsp3) is 0.385. The monoisotopic (exact) mass is 303 g/mol. The quantitative estimate of drug-likeness (QED) is 0.894. The normalized spacial score (nSPS) is 24.2. The average Bonchev–Trinajstić information content (AvgIpc) is 3.12. The van der Waals surface area contributed by atoms with E-state index in [4.69, 9.17) is 9.84 Å². The van der Waals surface area contributed by atoms with Crippen molar-refractivity contribution >= 4 is 12.1 Å². The zero-order valence-corrected chi connectivity index (χ0v) is 10.6. The van der Waals surface area contributed by atoms with Gasteiger partial charge in [-0.05, 0) is 5.56 Å². The highest BCUT2D eigenvalue weighted by Crippen LogP contribution is 2.50. The smallest absolute Gasteiger partial charge is 0.407 e. The Morgan fingerprint density at radius 1 is 1.24 bits per heavy atom. The van der Waals surface area contributed by atoms with Gasteiger partial charge in [-0.2, -0.15) is 13.2 Å². The molecular formula is C13H12F3NO4. The van der Waals surface area contributed by atoms with Crippen molar-refractivity contribution in [1.82, 2.24) is 5.32 Å². The van der Waals surface area contributed by atoms with E-state index in [1.54, 1.807) is 30.3 Å². The summed E-state index contributed by atoms with van der Waals surface area (Å²) in [7, 11) is 0. The molecule has 0 bridgehead atoms. The number of carboxylic acids is 1. The Morgan fingerprint density at radius 3 is 2.33 bits per heavy atom. The average molecular weight is 303 g/mol. The van der Waals surface area contributed by atoms with E-state index in [0.29, 0.717) is 5.56 Å². The van der Waals surface area contributed by atoms with Gasteiger partial charge in [0.1, 0.15) is 6.61 Å². The molecule has 114 valence electrons. The minimum absolute atomic E-state index is 0.103. The molecule has 0 radical (unpaired) electrons. The van der Waals surface area contributed by atoms with Gasteiger partial charge in [0.2, 0.25) is 0 Å². The topological polar surface area (TPSA) is 75.6 Å². The predicted octanol–water partition coefficient (Wildman–Crippen LogP) is 2.17. The standard InChI is InChI=1S/C13H12F3NO4/c14-13(15,16)9-8(11(18)19)10(9)17-12(20)21-6-7-4-2-1-3-5-7/h1-5,8-10H,6H2,(H,17,20)(H,18,19). The molecule has 0 saturated heterocycles. The van der Waals surface area contributed by atoms with Gasteiger partial charge < -0.3 is 15.2 Å². The summed E-state index contributed by atoms with van der Waals surface area (Å²) in [6, 6.07) is 7.09. The van der Waals surface area contributed by atoms with Gasteiger partial charge in [-0.3, -0.25) is 4.79 Å². The lowest BCUT2D eigenvalue weighted by Gasteiger charge is -2.08. The highest BCUT2D eigenvalue weighted by molar-refractivity contribution is 5.78. The molecule has 0 aromatic heterocycles. The van der Waals surface area contributed by atoms with Crippen LogP contribution >= 0.6 is 0 Å². The van der Waals surface area contributed by atoms with Crippen molar-refractivity contribution in [2.24, 2.45) is 11.8 Å². The molecule has 1 fully saturated rings.